The molecule has 0 spiro atoms. The van der Waals surface area contributed by atoms with Crippen molar-refractivity contribution >= 4 is 17.2 Å². The second-order valence-corrected chi connectivity index (χ2v) is 9.87. The second kappa shape index (κ2) is 11.8. The van der Waals surface area contributed by atoms with Crippen molar-refractivity contribution in [3.05, 3.63) is 70.8 Å². The molecule has 0 bridgehead atoms. The summed E-state index contributed by atoms with van der Waals surface area (Å²) in [5.74, 6) is -3.33. The van der Waals surface area contributed by atoms with Gasteiger partial charge >= 0.3 is 12.4 Å². The first-order valence-electron chi connectivity index (χ1n) is 11.6. The Balaban J connectivity index is 0.00000588. The first kappa shape index (κ1) is 33.2. The Labute approximate surface area is 230 Å². The average Bonchev–Trinajstić information content (AvgIpc) is 2.83. The van der Waals surface area contributed by atoms with Crippen molar-refractivity contribution in [2.75, 3.05) is 18.1 Å². The molecule has 0 saturated carbocycles. The van der Waals surface area contributed by atoms with Gasteiger partial charge in [-0.1, -0.05) is 20.8 Å². The lowest BCUT2D eigenvalue weighted by Crippen LogP contribution is -2.26. The van der Waals surface area contributed by atoms with Crippen molar-refractivity contribution in [2.24, 2.45) is 0 Å². The molecular formula is C27H28F6N2O6. The SMILES string of the molecule is CC(C)(C)c1cc(Oc2ccc(N)cc2C(F)(F)F)cc(C(=O)C(O)CO)c1Oc1ccc(N)cc1C(F)(F)F.O. The van der Waals surface area contributed by atoms with Gasteiger partial charge < -0.3 is 36.6 Å². The van der Waals surface area contributed by atoms with Gasteiger partial charge in [0.25, 0.3) is 0 Å². The van der Waals surface area contributed by atoms with E-state index in [4.69, 9.17) is 20.9 Å². The molecule has 224 valence electrons. The fraction of sp³-hybridized carbons (Fsp3) is 0.296. The summed E-state index contributed by atoms with van der Waals surface area (Å²) in [5, 5.41) is 19.5. The average molecular weight is 591 g/mol. The van der Waals surface area contributed by atoms with E-state index in [1.165, 1.54) is 6.07 Å². The Kier molecular flexibility index (Phi) is 9.59. The van der Waals surface area contributed by atoms with Crippen LogP contribution in [0.2, 0.25) is 0 Å². The molecule has 41 heavy (non-hydrogen) atoms. The van der Waals surface area contributed by atoms with Crippen molar-refractivity contribution < 1.29 is 56.3 Å². The smallest absolute Gasteiger partial charge is 0.420 e. The van der Waals surface area contributed by atoms with Crippen LogP contribution in [0, 0.1) is 0 Å². The van der Waals surface area contributed by atoms with E-state index in [0.29, 0.717) is 12.1 Å². The minimum Gasteiger partial charge on any atom is -0.457 e. The summed E-state index contributed by atoms with van der Waals surface area (Å²) in [7, 11) is 0. The van der Waals surface area contributed by atoms with Gasteiger partial charge in [0.05, 0.1) is 12.2 Å². The van der Waals surface area contributed by atoms with E-state index in [1.54, 1.807) is 20.8 Å². The molecule has 0 saturated heterocycles. The van der Waals surface area contributed by atoms with Crippen LogP contribution in [-0.2, 0) is 17.8 Å². The van der Waals surface area contributed by atoms with E-state index in [0.717, 1.165) is 30.3 Å². The number of carbonyl (C=O) groups is 1. The van der Waals surface area contributed by atoms with E-state index in [9.17, 15) is 41.4 Å². The number of halogens is 6. The predicted octanol–water partition coefficient (Wildman–Crippen LogP) is 5.48. The molecule has 14 heteroatoms. The molecule has 0 aromatic heterocycles. The first-order chi connectivity index (χ1) is 18.3. The fourth-order valence-electron chi connectivity index (χ4n) is 3.73. The molecule has 1 atom stereocenters. The molecule has 0 radical (unpaired) electrons. The molecule has 0 aliphatic rings. The van der Waals surface area contributed by atoms with Crippen molar-refractivity contribution in [3.63, 3.8) is 0 Å². The number of aliphatic hydroxyl groups is 2. The summed E-state index contributed by atoms with van der Waals surface area (Å²) < 4.78 is 93.5. The summed E-state index contributed by atoms with van der Waals surface area (Å²) in [6, 6.07) is 7.61. The van der Waals surface area contributed by atoms with E-state index in [-0.39, 0.29) is 28.2 Å². The largest absolute Gasteiger partial charge is 0.457 e. The van der Waals surface area contributed by atoms with Gasteiger partial charge in [0.15, 0.2) is 5.78 Å². The minimum atomic E-state index is -4.91. The number of rotatable bonds is 7. The lowest BCUT2D eigenvalue weighted by molar-refractivity contribution is -0.139. The van der Waals surface area contributed by atoms with Crippen molar-refractivity contribution in [3.8, 4) is 23.0 Å². The maximum absolute atomic E-state index is 13.8. The van der Waals surface area contributed by atoms with Gasteiger partial charge in [-0.15, -0.1) is 0 Å². The maximum atomic E-state index is 13.8. The highest BCUT2D eigenvalue weighted by molar-refractivity contribution is 6.02. The quantitative estimate of drug-likeness (QED) is 0.161. The molecule has 0 aliphatic heterocycles. The lowest BCUT2D eigenvalue weighted by Gasteiger charge is -2.27. The highest BCUT2D eigenvalue weighted by Crippen LogP contribution is 2.46. The van der Waals surface area contributed by atoms with E-state index in [1.807, 2.05) is 0 Å². The Morgan fingerprint density at radius 2 is 1.27 bits per heavy atom. The lowest BCUT2D eigenvalue weighted by atomic mass is 9.84. The number of Topliss-reactive ketones (excluding diaryl/α,β-unsaturated/α-hetero) is 1. The van der Waals surface area contributed by atoms with Crippen LogP contribution in [0.4, 0.5) is 37.7 Å². The number of nitrogen functional groups attached to an aromatic ring is 2. The van der Waals surface area contributed by atoms with E-state index >= 15 is 0 Å². The normalized spacial score (nSPS) is 12.9. The van der Waals surface area contributed by atoms with Crippen molar-refractivity contribution in [1.29, 1.82) is 0 Å². The summed E-state index contributed by atoms with van der Waals surface area (Å²) in [6.07, 6.45) is -11.8. The number of nitrogens with two attached hydrogens (primary N) is 2. The van der Waals surface area contributed by atoms with Gasteiger partial charge in [-0.25, -0.2) is 0 Å². The number of ketones is 1. The van der Waals surface area contributed by atoms with Crippen LogP contribution in [0.1, 0.15) is 47.8 Å². The zero-order valence-electron chi connectivity index (χ0n) is 21.9. The topological polar surface area (TPSA) is 160 Å². The van der Waals surface area contributed by atoms with Crippen molar-refractivity contribution in [2.45, 2.75) is 44.6 Å². The second-order valence-electron chi connectivity index (χ2n) is 9.87. The monoisotopic (exact) mass is 590 g/mol. The zero-order chi connectivity index (χ0) is 30.2. The van der Waals surface area contributed by atoms with Crippen molar-refractivity contribution in [1.82, 2.24) is 0 Å². The van der Waals surface area contributed by atoms with Crippen LogP contribution in [-0.4, -0.2) is 34.2 Å². The number of benzene rings is 3. The third kappa shape index (κ3) is 7.60. The van der Waals surface area contributed by atoms with Gasteiger partial charge in [-0.05, 0) is 53.9 Å². The van der Waals surface area contributed by atoms with Gasteiger partial charge in [-0.2, -0.15) is 26.3 Å². The Bertz CT molecular complexity index is 1420. The number of hydrogen-bond donors (Lipinski definition) is 4. The predicted molar refractivity (Wildman–Crippen MR) is 138 cm³/mol. The zero-order valence-corrected chi connectivity index (χ0v) is 21.9. The standard InChI is InChI=1S/C27H26F6N2O5.H2O/c1-25(2,3)19-11-15(39-21-6-4-13(34)8-17(21)26(28,29)30)10-16(23(38)20(37)12-36)24(19)40-22-7-5-14(35)9-18(22)27(31,32)33;/h4-11,20,36-37H,12,34-35H2,1-3H3;1H2. The molecule has 0 aliphatic carbocycles. The Hall–Kier alpha value is -4.01. The summed E-state index contributed by atoms with van der Waals surface area (Å²) in [6.45, 7) is 3.76. The first-order valence-corrected chi connectivity index (χ1v) is 11.6. The summed E-state index contributed by atoms with van der Waals surface area (Å²) in [5.41, 5.74) is 6.66. The summed E-state index contributed by atoms with van der Waals surface area (Å²) >= 11 is 0. The number of alkyl halides is 6. The number of anilines is 2. The van der Waals surface area contributed by atoms with Crippen LogP contribution in [0.3, 0.4) is 0 Å². The number of carbonyl (C=O) groups excluding carboxylic acids is 1. The number of aliphatic hydroxyl groups excluding tert-OH is 2. The number of ether oxygens (including phenoxy) is 2. The molecule has 8 N–H and O–H groups in total. The van der Waals surface area contributed by atoms with Crippen LogP contribution in [0.15, 0.2) is 48.5 Å². The van der Waals surface area contributed by atoms with Gasteiger partial charge in [-0.3, -0.25) is 4.79 Å². The molecule has 0 fully saturated rings. The van der Waals surface area contributed by atoms with Crippen LogP contribution in [0.5, 0.6) is 23.0 Å². The minimum absolute atomic E-state index is 0. The fourth-order valence-corrected chi connectivity index (χ4v) is 3.73. The molecule has 8 nitrogen and oxygen atoms in total. The maximum Gasteiger partial charge on any atom is 0.420 e. The molecule has 0 heterocycles. The third-order valence-electron chi connectivity index (χ3n) is 5.67. The summed E-state index contributed by atoms with van der Waals surface area (Å²) in [4.78, 5) is 13.1. The highest BCUT2D eigenvalue weighted by atomic mass is 19.4. The van der Waals surface area contributed by atoms with Gasteiger partial charge in [0.1, 0.15) is 40.2 Å². The molecule has 3 aromatic carbocycles. The Morgan fingerprint density at radius 1 is 0.805 bits per heavy atom. The van der Waals surface area contributed by atoms with Crippen LogP contribution in [0.25, 0.3) is 0 Å². The van der Waals surface area contributed by atoms with Crippen LogP contribution < -0.4 is 20.9 Å². The molecular weight excluding hydrogens is 562 g/mol. The van der Waals surface area contributed by atoms with E-state index in [2.05, 4.69) is 0 Å². The van der Waals surface area contributed by atoms with Gasteiger partial charge in [0.2, 0.25) is 0 Å². The highest BCUT2D eigenvalue weighted by Gasteiger charge is 2.37. The van der Waals surface area contributed by atoms with Gasteiger partial charge in [0, 0.05) is 16.9 Å². The molecule has 3 rings (SSSR count). The van der Waals surface area contributed by atoms with E-state index < -0.39 is 70.2 Å². The Morgan fingerprint density at radius 3 is 1.68 bits per heavy atom. The number of hydrogen-bond acceptors (Lipinski definition) is 7. The third-order valence-corrected chi connectivity index (χ3v) is 5.67. The molecule has 3 aromatic rings. The molecule has 0 amide bonds. The van der Waals surface area contributed by atoms with Crippen LogP contribution >= 0.6 is 0 Å². The molecule has 1 unspecified atom stereocenters.